The van der Waals surface area contributed by atoms with Crippen LogP contribution in [0.25, 0.3) is 0 Å². The smallest absolute Gasteiger partial charge is 0.307 e. The van der Waals surface area contributed by atoms with Crippen LogP contribution in [0.4, 0.5) is 16.2 Å². The fourth-order valence-electron chi connectivity index (χ4n) is 2.67. The second kappa shape index (κ2) is 7.58. The van der Waals surface area contributed by atoms with Gasteiger partial charge >= 0.3 is 6.03 Å². The molecule has 1 aliphatic heterocycles. The Morgan fingerprint density at radius 2 is 1.81 bits per heavy atom. The zero-order valence-electron chi connectivity index (χ0n) is 14.8. The van der Waals surface area contributed by atoms with Gasteiger partial charge in [0.1, 0.15) is 0 Å². The summed E-state index contributed by atoms with van der Waals surface area (Å²) in [7, 11) is 0. The molecule has 0 spiro atoms. The zero-order valence-corrected chi connectivity index (χ0v) is 16.3. The number of carbonyl (C=O) groups excluding carboxylic acids is 2. The van der Waals surface area contributed by atoms with Gasteiger partial charge in [0.05, 0.1) is 27.5 Å². The van der Waals surface area contributed by atoms with Crippen molar-refractivity contribution in [3.63, 3.8) is 0 Å². The average Bonchev–Trinajstić information content (AvgIpc) is 2.60. The van der Waals surface area contributed by atoms with E-state index in [9.17, 15) is 9.59 Å². The van der Waals surface area contributed by atoms with Crippen LogP contribution < -0.4 is 16.1 Å². The SMILES string of the molecule is CC1(C)CC(c2ccccc2NC(=O)Nc2ccc(Cl)cc2Cl)=NNC1=O. The molecule has 27 heavy (non-hydrogen) atoms. The topological polar surface area (TPSA) is 82.6 Å². The Bertz CT molecular complexity index is 941. The Balaban J connectivity index is 1.80. The Hall–Kier alpha value is -2.57. The highest BCUT2D eigenvalue weighted by atomic mass is 35.5. The quantitative estimate of drug-likeness (QED) is 0.680. The molecule has 2 aromatic rings. The predicted molar refractivity (Wildman–Crippen MR) is 109 cm³/mol. The fraction of sp³-hybridized carbons (Fsp3) is 0.211. The van der Waals surface area contributed by atoms with Crippen LogP contribution in [-0.2, 0) is 4.79 Å². The van der Waals surface area contributed by atoms with Crippen LogP contribution in [0.3, 0.4) is 0 Å². The van der Waals surface area contributed by atoms with Gasteiger partial charge in [-0.3, -0.25) is 4.79 Å². The van der Waals surface area contributed by atoms with Crippen LogP contribution in [-0.4, -0.2) is 17.6 Å². The summed E-state index contributed by atoms with van der Waals surface area (Å²) < 4.78 is 0. The minimum absolute atomic E-state index is 0.133. The van der Waals surface area contributed by atoms with Gasteiger partial charge in [-0.25, -0.2) is 10.2 Å². The van der Waals surface area contributed by atoms with Crippen molar-refractivity contribution in [1.82, 2.24) is 5.43 Å². The Kier molecular flexibility index (Phi) is 5.39. The maximum absolute atomic E-state index is 12.4. The summed E-state index contributed by atoms with van der Waals surface area (Å²) in [5.41, 5.74) is 4.42. The summed E-state index contributed by atoms with van der Waals surface area (Å²) in [4.78, 5) is 24.3. The van der Waals surface area contributed by atoms with Crippen LogP contribution in [0.2, 0.25) is 10.0 Å². The van der Waals surface area contributed by atoms with Crippen LogP contribution >= 0.6 is 23.2 Å². The standard InChI is InChI=1S/C19H18Cl2N4O2/c1-19(2)10-16(24-25-17(19)26)12-5-3-4-6-14(12)22-18(27)23-15-8-7-11(20)9-13(15)21/h3-9H,10H2,1-2H3,(H,25,26)(H2,22,23,27). The molecule has 3 N–H and O–H groups in total. The third-order valence-corrected chi connectivity index (χ3v) is 4.73. The summed E-state index contributed by atoms with van der Waals surface area (Å²) in [5, 5.41) is 10.5. The van der Waals surface area contributed by atoms with Crippen molar-refractivity contribution in [2.24, 2.45) is 10.5 Å². The summed E-state index contributed by atoms with van der Waals surface area (Å²) in [5.74, 6) is -0.133. The van der Waals surface area contributed by atoms with Crippen molar-refractivity contribution in [3.05, 3.63) is 58.1 Å². The molecule has 140 valence electrons. The number of hydrogen-bond acceptors (Lipinski definition) is 3. The largest absolute Gasteiger partial charge is 0.323 e. The fourth-order valence-corrected chi connectivity index (χ4v) is 3.13. The first kappa shape index (κ1) is 19.2. The minimum atomic E-state index is -0.580. The van der Waals surface area contributed by atoms with Crippen molar-refractivity contribution >= 4 is 52.2 Å². The monoisotopic (exact) mass is 404 g/mol. The van der Waals surface area contributed by atoms with E-state index in [0.717, 1.165) is 5.56 Å². The summed E-state index contributed by atoms with van der Waals surface area (Å²) >= 11 is 12.0. The number of anilines is 2. The van der Waals surface area contributed by atoms with Crippen molar-refractivity contribution in [2.75, 3.05) is 10.6 Å². The molecule has 0 saturated heterocycles. The van der Waals surface area contributed by atoms with Gasteiger partial charge in [-0.1, -0.05) is 55.2 Å². The van der Waals surface area contributed by atoms with Crippen molar-refractivity contribution in [2.45, 2.75) is 20.3 Å². The molecule has 0 aromatic heterocycles. The number of nitrogens with zero attached hydrogens (tertiary/aromatic N) is 1. The van der Waals surface area contributed by atoms with Crippen molar-refractivity contribution in [1.29, 1.82) is 0 Å². The number of benzene rings is 2. The lowest BCUT2D eigenvalue weighted by Gasteiger charge is -2.28. The van der Waals surface area contributed by atoms with Crippen molar-refractivity contribution in [3.8, 4) is 0 Å². The number of halogens is 2. The maximum atomic E-state index is 12.4. The first-order chi connectivity index (χ1) is 12.8. The molecular weight excluding hydrogens is 387 g/mol. The van der Waals surface area contributed by atoms with E-state index < -0.39 is 11.4 Å². The molecule has 0 fully saturated rings. The normalized spacial score (nSPS) is 15.6. The molecule has 6 nitrogen and oxygen atoms in total. The molecule has 2 aromatic carbocycles. The molecule has 0 atom stereocenters. The van der Waals surface area contributed by atoms with E-state index in [1.165, 1.54) is 0 Å². The third kappa shape index (κ3) is 4.40. The van der Waals surface area contributed by atoms with Crippen LogP contribution in [0, 0.1) is 5.41 Å². The number of para-hydroxylation sites is 1. The number of urea groups is 1. The van der Waals surface area contributed by atoms with Gasteiger partial charge in [-0.15, -0.1) is 0 Å². The van der Waals surface area contributed by atoms with Gasteiger partial charge in [0, 0.05) is 17.0 Å². The second-order valence-corrected chi connectivity index (χ2v) is 7.65. The molecule has 0 radical (unpaired) electrons. The highest BCUT2D eigenvalue weighted by molar-refractivity contribution is 6.36. The number of hydrazone groups is 1. The van der Waals surface area contributed by atoms with E-state index in [1.54, 1.807) is 24.3 Å². The Morgan fingerprint density at radius 3 is 2.52 bits per heavy atom. The van der Waals surface area contributed by atoms with E-state index in [4.69, 9.17) is 23.2 Å². The molecule has 8 heteroatoms. The molecule has 0 bridgehead atoms. The molecule has 0 aliphatic carbocycles. The number of rotatable bonds is 3. The van der Waals surface area contributed by atoms with Gasteiger partial charge < -0.3 is 10.6 Å². The number of amides is 3. The van der Waals surface area contributed by atoms with Gasteiger partial charge in [0.15, 0.2) is 0 Å². The molecule has 3 amide bonds. The average molecular weight is 405 g/mol. The van der Waals surface area contributed by atoms with E-state index in [-0.39, 0.29) is 5.91 Å². The van der Waals surface area contributed by atoms with E-state index in [1.807, 2.05) is 32.0 Å². The molecule has 3 rings (SSSR count). The molecule has 0 saturated carbocycles. The van der Waals surface area contributed by atoms with Crippen LogP contribution in [0.1, 0.15) is 25.8 Å². The summed E-state index contributed by atoms with van der Waals surface area (Å²) in [6, 6.07) is 11.6. The van der Waals surface area contributed by atoms with Crippen LogP contribution in [0.5, 0.6) is 0 Å². The van der Waals surface area contributed by atoms with Crippen LogP contribution in [0.15, 0.2) is 47.6 Å². The lowest BCUT2D eigenvalue weighted by Crippen LogP contribution is -2.41. The predicted octanol–water partition coefficient (Wildman–Crippen LogP) is 4.89. The molecular formula is C19H18Cl2N4O2. The number of hydrogen-bond donors (Lipinski definition) is 3. The van der Waals surface area contributed by atoms with Gasteiger partial charge in [0.2, 0.25) is 5.91 Å². The number of carbonyl (C=O) groups is 2. The maximum Gasteiger partial charge on any atom is 0.323 e. The summed E-state index contributed by atoms with van der Waals surface area (Å²) in [6.07, 6.45) is 0.460. The lowest BCUT2D eigenvalue weighted by molar-refractivity contribution is -0.129. The second-order valence-electron chi connectivity index (χ2n) is 6.81. The summed E-state index contributed by atoms with van der Waals surface area (Å²) in [6.45, 7) is 3.70. The zero-order chi connectivity index (χ0) is 19.6. The minimum Gasteiger partial charge on any atom is -0.307 e. The van der Waals surface area contributed by atoms with Gasteiger partial charge in [0.25, 0.3) is 0 Å². The highest BCUT2D eigenvalue weighted by Gasteiger charge is 2.33. The van der Waals surface area contributed by atoms with Gasteiger partial charge in [-0.2, -0.15) is 5.10 Å². The van der Waals surface area contributed by atoms with E-state index in [2.05, 4.69) is 21.2 Å². The Morgan fingerprint density at radius 1 is 1.11 bits per heavy atom. The van der Waals surface area contributed by atoms with E-state index in [0.29, 0.717) is 33.6 Å². The van der Waals surface area contributed by atoms with Crippen molar-refractivity contribution < 1.29 is 9.59 Å². The molecule has 1 aliphatic rings. The third-order valence-electron chi connectivity index (χ3n) is 4.18. The highest BCUT2D eigenvalue weighted by Crippen LogP contribution is 2.30. The first-order valence-corrected chi connectivity index (χ1v) is 9.01. The first-order valence-electron chi connectivity index (χ1n) is 8.26. The molecule has 0 unspecified atom stereocenters. The lowest BCUT2D eigenvalue weighted by atomic mass is 9.83. The Labute approximate surface area is 166 Å². The molecule has 1 heterocycles. The van der Waals surface area contributed by atoms with Gasteiger partial charge in [-0.05, 0) is 24.3 Å². The number of nitrogens with one attached hydrogen (secondary N) is 3. The van der Waals surface area contributed by atoms with E-state index >= 15 is 0 Å².